The molecular weight excluding hydrogens is 254 g/mol. The fraction of sp³-hybridized carbons (Fsp3) is 0.250. The Hall–Kier alpha value is -2.04. The normalized spacial score (nSPS) is 19.9. The van der Waals surface area contributed by atoms with Crippen LogP contribution in [0.2, 0.25) is 0 Å². The van der Waals surface area contributed by atoms with Crippen molar-refractivity contribution < 1.29 is 14.2 Å². The minimum Gasteiger partial charge on any atom is -0.467 e. The summed E-state index contributed by atoms with van der Waals surface area (Å²) in [5, 5.41) is 3.41. The molecule has 20 heavy (non-hydrogen) atoms. The van der Waals surface area contributed by atoms with E-state index in [9.17, 15) is 0 Å². The van der Waals surface area contributed by atoms with Crippen molar-refractivity contribution in [2.75, 3.05) is 12.1 Å². The van der Waals surface area contributed by atoms with Crippen LogP contribution < -0.4 is 10.1 Å². The number of anilines is 1. The van der Waals surface area contributed by atoms with E-state index < -0.39 is 0 Å². The first-order valence-electron chi connectivity index (χ1n) is 6.69. The van der Waals surface area contributed by atoms with Crippen molar-refractivity contribution >= 4 is 5.69 Å². The number of benzene rings is 2. The maximum Gasteiger partial charge on any atom is 0.189 e. The van der Waals surface area contributed by atoms with Crippen LogP contribution in [0.4, 0.5) is 5.69 Å². The van der Waals surface area contributed by atoms with E-state index in [0.29, 0.717) is 20.0 Å². The number of rotatable bonds is 2. The second-order valence-electron chi connectivity index (χ2n) is 4.97. The van der Waals surface area contributed by atoms with Crippen LogP contribution in [0, 0.1) is 0 Å². The van der Waals surface area contributed by atoms with Gasteiger partial charge < -0.3 is 19.5 Å². The molecule has 4 rings (SSSR count). The van der Waals surface area contributed by atoms with Gasteiger partial charge in [0.2, 0.25) is 0 Å². The molecule has 0 amide bonds. The highest BCUT2D eigenvalue weighted by atomic mass is 16.7. The number of nitrogens with one attached hydrogen (secondary N) is 1. The highest BCUT2D eigenvalue weighted by Crippen LogP contribution is 2.33. The van der Waals surface area contributed by atoms with Crippen LogP contribution in [0.25, 0.3) is 0 Å². The van der Waals surface area contributed by atoms with Gasteiger partial charge in [-0.2, -0.15) is 0 Å². The lowest BCUT2D eigenvalue weighted by Crippen LogP contribution is -2.13. The summed E-state index contributed by atoms with van der Waals surface area (Å²) in [6, 6.07) is 14.3. The van der Waals surface area contributed by atoms with Gasteiger partial charge in [0.25, 0.3) is 0 Å². The van der Waals surface area contributed by atoms with E-state index in [1.807, 2.05) is 24.3 Å². The second kappa shape index (κ2) is 4.81. The SMILES string of the molecule is c1ccc2c(c1)COC2Nc1ccc2c(c1)COCO2. The lowest BCUT2D eigenvalue weighted by atomic mass is 10.1. The Balaban J connectivity index is 1.58. The molecule has 0 aliphatic carbocycles. The molecule has 1 N–H and O–H groups in total. The number of hydrogen-bond acceptors (Lipinski definition) is 4. The van der Waals surface area contributed by atoms with Crippen molar-refractivity contribution in [3.05, 3.63) is 59.2 Å². The molecule has 0 radical (unpaired) electrons. The summed E-state index contributed by atoms with van der Waals surface area (Å²) in [4.78, 5) is 0. The van der Waals surface area contributed by atoms with Crippen LogP contribution in [-0.4, -0.2) is 6.79 Å². The largest absolute Gasteiger partial charge is 0.467 e. The smallest absolute Gasteiger partial charge is 0.189 e. The molecule has 0 saturated carbocycles. The Morgan fingerprint density at radius 1 is 1.00 bits per heavy atom. The average Bonchev–Trinajstić information content (AvgIpc) is 2.91. The third-order valence-electron chi connectivity index (χ3n) is 3.66. The molecule has 2 heterocycles. The van der Waals surface area contributed by atoms with Crippen LogP contribution in [0.15, 0.2) is 42.5 Å². The third kappa shape index (κ3) is 2.03. The van der Waals surface area contributed by atoms with Gasteiger partial charge in [-0.15, -0.1) is 0 Å². The first kappa shape index (κ1) is 11.8. The van der Waals surface area contributed by atoms with Gasteiger partial charge in [0.05, 0.1) is 13.2 Å². The van der Waals surface area contributed by atoms with Crippen LogP contribution >= 0.6 is 0 Å². The van der Waals surface area contributed by atoms with Crippen LogP contribution in [0.1, 0.15) is 22.9 Å². The molecule has 2 aliphatic rings. The standard InChI is InChI=1S/C16H15NO3/c1-2-4-14-11(3-1)9-19-16(14)17-13-5-6-15-12(7-13)8-18-10-20-15/h1-7,16-17H,8-10H2. The number of fused-ring (bicyclic) bond motifs is 2. The summed E-state index contributed by atoms with van der Waals surface area (Å²) in [6.45, 7) is 1.58. The highest BCUT2D eigenvalue weighted by molar-refractivity contribution is 5.53. The van der Waals surface area contributed by atoms with E-state index in [2.05, 4.69) is 23.5 Å². The van der Waals surface area contributed by atoms with Crippen LogP contribution in [0.3, 0.4) is 0 Å². The Morgan fingerprint density at radius 3 is 2.95 bits per heavy atom. The lowest BCUT2D eigenvalue weighted by molar-refractivity contribution is -0.0163. The molecule has 4 nitrogen and oxygen atoms in total. The van der Waals surface area contributed by atoms with E-state index in [4.69, 9.17) is 14.2 Å². The van der Waals surface area contributed by atoms with E-state index in [1.165, 1.54) is 11.1 Å². The minimum atomic E-state index is -0.0883. The predicted molar refractivity (Wildman–Crippen MR) is 74.3 cm³/mol. The first-order valence-corrected chi connectivity index (χ1v) is 6.69. The zero-order valence-electron chi connectivity index (χ0n) is 11.0. The fourth-order valence-electron chi connectivity index (χ4n) is 2.63. The zero-order valence-corrected chi connectivity index (χ0v) is 11.0. The topological polar surface area (TPSA) is 39.7 Å². The monoisotopic (exact) mass is 269 g/mol. The van der Waals surface area contributed by atoms with Gasteiger partial charge in [-0.25, -0.2) is 0 Å². The van der Waals surface area contributed by atoms with Crippen LogP contribution in [0.5, 0.6) is 5.75 Å². The van der Waals surface area contributed by atoms with E-state index in [-0.39, 0.29) is 6.23 Å². The third-order valence-corrected chi connectivity index (χ3v) is 3.66. The molecule has 2 aromatic carbocycles. The summed E-state index contributed by atoms with van der Waals surface area (Å²) in [5.41, 5.74) is 4.53. The molecule has 0 spiro atoms. The summed E-state index contributed by atoms with van der Waals surface area (Å²) < 4.78 is 16.5. The summed E-state index contributed by atoms with van der Waals surface area (Å²) in [6.07, 6.45) is -0.0883. The molecule has 0 aromatic heterocycles. The molecule has 0 bridgehead atoms. The zero-order chi connectivity index (χ0) is 13.4. The molecular formula is C16H15NO3. The highest BCUT2D eigenvalue weighted by Gasteiger charge is 2.22. The molecule has 0 saturated heterocycles. The molecule has 1 unspecified atom stereocenters. The van der Waals surface area contributed by atoms with Gasteiger partial charge in [0.1, 0.15) is 5.75 Å². The molecule has 2 aromatic rings. The summed E-state index contributed by atoms with van der Waals surface area (Å²) in [7, 11) is 0. The van der Waals surface area contributed by atoms with Crippen molar-refractivity contribution in [2.45, 2.75) is 19.4 Å². The van der Waals surface area contributed by atoms with Crippen molar-refractivity contribution in [1.29, 1.82) is 0 Å². The predicted octanol–water partition coefficient (Wildman–Crippen LogP) is 3.19. The summed E-state index contributed by atoms with van der Waals surface area (Å²) >= 11 is 0. The average molecular weight is 269 g/mol. The Morgan fingerprint density at radius 2 is 1.95 bits per heavy atom. The van der Waals surface area contributed by atoms with Gasteiger partial charge >= 0.3 is 0 Å². The van der Waals surface area contributed by atoms with Gasteiger partial charge in [-0.3, -0.25) is 0 Å². The Kier molecular flexibility index (Phi) is 2.83. The van der Waals surface area contributed by atoms with Gasteiger partial charge in [-0.05, 0) is 23.8 Å². The van der Waals surface area contributed by atoms with Crippen molar-refractivity contribution in [1.82, 2.24) is 0 Å². The quantitative estimate of drug-likeness (QED) is 0.908. The molecule has 1 atom stereocenters. The van der Waals surface area contributed by atoms with E-state index in [1.54, 1.807) is 0 Å². The van der Waals surface area contributed by atoms with Gasteiger partial charge in [-0.1, -0.05) is 24.3 Å². The Labute approximate surface area is 117 Å². The molecule has 0 fully saturated rings. The maximum atomic E-state index is 5.80. The number of ether oxygens (including phenoxy) is 3. The fourth-order valence-corrected chi connectivity index (χ4v) is 2.63. The second-order valence-corrected chi connectivity index (χ2v) is 4.97. The van der Waals surface area contributed by atoms with Crippen molar-refractivity contribution in [3.63, 3.8) is 0 Å². The molecule has 4 heteroatoms. The van der Waals surface area contributed by atoms with Crippen molar-refractivity contribution in [2.24, 2.45) is 0 Å². The van der Waals surface area contributed by atoms with E-state index in [0.717, 1.165) is 17.0 Å². The van der Waals surface area contributed by atoms with E-state index >= 15 is 0 Å². The van der Waals surface area contributed by atoms with Gasteiger partial charge in [0, 0.05) is 16.8 Å². The van der Waals surface area contributed by atoms with Crippen molar-refractivity contribution in [3.8, 4) is 5.75 Å². The maximum absolute atomic E-state index is 5.80. The summed E-state index contributed by atoms with van der Waals surface area (Å²) in [5.74, 6) is 0.898. The van der Waals surface area contributed by atoms with Gasteiger partial charge in [0.15, 0.2) is 13.0 Å². The number of hydrogen-bond donors (Lipinski definition) is 1. The molecule has 2 aliphatic heterocycles. The first-order chi connectivity index (χ1) is 9.90. The molecule has 102 valence electrons. The lowest BCUT2D eigenvalue weighted by Gasteiger charge is -2.20. The minimum absolute atomic E-state index is 0.0883. The van der Waals surface area contributed by atoms with Crippen LogP contribution in [-0.2, 0) is 22.7 Å². The Bertz CT molecular complexity index is 641.